The molecule has 0 saturated heterocycles. The summed E-state index contributed by atoms with van der Waals surface area (Å²) in [6.45, 7) is 13.7. The Morgan fingerprint density at radius 2 is 2.20 bits per heavy atom. The predicted molar refractivity (Wildman–Crippen MR) is 93.4 cm³/mol. The molecule has 6 heteroatoms. The van der Waals surface area contributed by atoms with Crippen molar-refractivity contribution in [2.24, 2.45) is 18.9 Å². The van der Waals surface area contributed by atoms with E-state index in [0.717, 1.165) is 30.0 Å². The number of carbonyl (C=O) groups is 1. The van der Waals surface area contributed by atoms with Gasteiger partial charge < -0.3 is 4.85 Å². The third kappa shape index (κ3) is 2.11. The maximum atomic E-state index is 12.5. The number of nitrogens with zero attached hydrogens (tertiary/aromatic N) is 5. The molecule has 0 N–H and O–H groups in total. The molecule has 4 rings (SSSR count). The standard InChI is InChI=1S/C19H23N5O/c1-11-14-6-7-16-18(19(14,3)8-15(20-4)17(11)25)22-12(2)24(16)13-9-21-23(5)10-13/h9-11,14-15H,6-8H2,1-3,5H3/t11-,14-,15?,19-/m0/s1. The monoisotopic (exact) mass is 337 g/mol. The van der Waals surface area contributed by atoms with Crippen LogP contribution in [0.15, 0.2) is 12.4 Å². The Hall–Kier alpha value is -2.42. The van der Waals surface area contributed by atoms with Gasteiger partial charge in [-0.2, -0.15) is 5.10 Å². The zero-order valence-corrected chi connectivity index (χ0v) is 15.2. The van der Waals surface area contributed by atoms with E-state index in [4.69, 9.17) is 11.6 Å². The number of ketones is 1. The van der Waals surface area contributed by atoms with Crippen molar-refractivity contribution in [1.29, 1.82) is 0 Å². The van der Waals surface area contributed by atoms with Gasteiger partial charge in [0.15, 0.2) is 0 Å². The molecule has 0 spiro atoms. The maximum absolute atomic E-state index is 12.5. The molecule has 6 nitrogen and oxygen atoms in total. The molecule has 2 heterocycles. The number of aromatic nitrogens is 4. The Kier molecular flexibility index (Phi) is 3.40. The zero-order valence-electron chi connectivity index (χ0n) is 15.2. The molecule has 2 aliphatic carbocycles. The fourth-order valence-corrected chi connectivity index (χ4v) is 5.08. The van der Waals surface area contributed by atoms with Crippen LogP contribution >= 0.6 is 0 Å². The average Bonchev–Trinajstić information content (AvgIpc) is 3.14. The first kappa shape index (κ1) is 16.1. The predicted octanol–water partition coefficient (Wildman–Crippen LogP) is 2.63. The van der Waals surface area contributed by atoms with Crippen LogP contribution in [0, 0.1) is 25.3 Å². The highest BCUT2D eigenvalue weighted by molar-refractivity contribution is 5.89. The van der Waals surface area contributed by atoms with Crippen molar-refractivity contribution in [2.45, 2.75) is 51.5 Å². The van der Waals surface area contributed by atoms with E-state index in [9.17, 15) is 4.79 Å². The summed E-state index contributed by atoms with van der Waals surface area (Å²) in [6.07, 6.45) is 6.32. The highest BCUT2D eigenvalue weighted by atomic mass is 16.1. The molecule has 2 aromatic rings. The summed E-state index contributed by atoms with van der Waals surface area (Å²) in [4.78, 5) is 21.1. The van der Waals surface area contributed by atoms with Crippen LogP contribution in [0.1, 0.15) is 43.9 Å². The largest absolute Gasteiger partial charge is 0.305 e. The summed E-state index contributed by atoms with van der Waals surface area (Å²) in [6, 6.07) is -0.536. The van der Waals surface area contributed by atoms with E-state index in [1.54, 1.807) is 4.68 Å². The SMILES string of the molecule is [C-]#[N+]C1C[C@]2(C)c3nc(C)n(-c4cnn(C)c4)c3CC[C@H]2[C@H](C)C1=O. The van der Waals surface area contributed by atoms with Gasteiger partial charge in [-0.25, -0.2) is 11.6 Å². The Morgan fingerprint density at radius 1 is 1.44 bits per heavy atom. The van der Waals surface area contributed by atoms with Crippen LogP contribution in [0.2, 0.25) is 0 Å². The second kappa shape index (κ2) is 5.29. The maximum Gasteiger partial charge on any atom is 0.282 e. The van der Waals surface area contributed by atoms with Crippen molar-refractivity contribution < 1.29 is 4.79 Å². The second-order valence-corrected chi connectivity index (χ2v) is 7.76. The Labute approximate surface area is 147 Å². The number of imidazole rings is 1. The van der Waals surface area contributed by atoms with Gasteiger partial charge in [0.1, 0.15) is 5.82 Å². The molecule has 1 fully saturated rings. The van der Waals surface area contributed by atoms with Crippen molar-refractivity contribution in [3.05, 3.63) is 41.0 Å². The Morgan fingerprint density at radius 3 is 2.84 bits per heavy atom. The molecule has 0 bridgehead atoms. The second-order valence-electron chi connectivity index (χ2n) is 7.76. The minimum Gasteiger partial charge on any atom is -0.305 e. The van der Waals surface area contributed by atoms with E-state index in [-0.39, 0.29) is 23.0 Å². The third-order valence-corrected chi connectivity index (χ3v) is 6.30. The Balaban J connectivity index is 1.87. The van der Waals surface area contributed by atoms with Crippen LogP contribution in [0.4, 0.5) is 0 Å². The first-order valence-electron chi connectivity index (χ1n) is 8.85. The number of Topliss-reactive ketones (excluding diaryl/α,β-unsaturated/α-hetero) is 1. The van der Waals surface area contributed by atoms with Crippen molar-refractivity contribution in [2.75, 3.05) is 0 Å². The van der Waals surface area contributed by atoms with E-state index in [1.807, 2.05) is 33.3 Å². The topological polar surface area (TPSA) is 57.1 Å². The number of hydrogen-bond donors (Lipinski definition) is 0. The minimum atomic E-state index is -0.536. The molecule has 1 unspecified atom stereocenters. The molecule has 1 saturated carbocycles. The van der Waals surface area contributed by atoms with E-state index < -0.39 is 6.04 Å². The number of fused-ring (bicyclic) bond motifs is 3. The molecule has 0 amide bonds. The fraction of sp³-hybridized carbons (Fsp3) is 0.579. The van der Waals surface area contributed by atoms with Crippen molar-refractivity contribution in [3.63, 3.8) is 0 Å². The lowest BCUT2D eigenvalue weighted by Gasteiger charge is -2.46. The van der Waals surface area contributed by atoms with Crippen LogP contribution < -0.4 is 0 Å². The minimum absolute atomic E-state index is 0.0742. The molecule has 25 heavy (non-hydrogen) atoms. The van der Waals surface area contributed by atoms with Gasteiger partial charge in [-0.3, -0.25) is 14.0 Å². The van der Waals surface area contributed by atoms with Crippen LogP contribution in [-0.2, 0) is 23.7 Å². The van der Waals surface area contributed by atoms with Gasteiger partial charge in [-0.1, -0.05) is 13.8 Å². The molecular weight excluding hydrogens is 314 g/mol. The molecule has 0 radical (unpaired) electrons. The number of hydrogen-bond acceptors (Lipinski definition) is 3. The number of rotatable bonds is 1. The first-order chi connectivity index (χ1) is 11.9. The summed E-state index contributed by atoms with van der Waals surface area (Å²) in [7, 11) is 1.91. The zero-order chi connectivity index (χ0) is 17.9. The molecule has 0 aliphatic heterocycles. The van der Waals surface area contributed by atoms with Gasteiger partial charge >= 0.3 is 0 Å². The lowest BCUT2D eigenvalue weighted by Crippen LogP contribution is -2.51. The molecular formula is C19H23N5O. The number of aryl methyl sites for hydroxylation is 2. The quantitative estimate of drug-likeness (QED) is 0.752. The van der Waals surface area contributed by atoms with Gasteiger partial charge in [0.2, 0.25) is 5.78 Å². The lowest BCUT2D eigenvalue weighted by atomic mass is 9.56. The summed E-state index contributed by atoms with van der Waals surface area (Å²) >= 11 is 0. The molecule has 2 aromatic heterocycles. The van der Waals surface area contributed by atoms with E-state index >= 15 is 0 Å². The van der Waals surface area contributed by atoms with Gasteiger partial charge in [0, 0.05) is 36.7 Å². The van der Waals surface area contributed by atoms with Crippen molar-refractivity contribution in [3.8, 4) is 5.69 Å². The summed E-state index contributed by atoms with van der Waals surface area (Å²) < 4.78 is 3.99. The highest BCUT2D eigenvalue weighted by Gasteiger charge is 2.55. The van der Waals surface area contributed by atoms with Crippen molar-refractivity contribution in [1.82, 2.24) is 19.3 Å². The molecule has 130 valence electrons. The summed E-state index contributed by atoms with van der Waals surface area (Å²) in [5, 5.41) is 4.29. The van der Waals surface area contributed by atoms with E-state index in [2.05, 4.69) is 21.4 Å². The van der Waals surface area contributed by atoms with Crippen LogP contribution in [-0.4, -0.2) is 31.2 Å². The summed E-state index contributed by atoms with van der Waals surface area (Å²) in [5.74, 6) is 1.25. The third-order valence-electron chi connectivity index (χ3n) is 6.30. The molecule has 2 aliphatic rings. The van der Waals surface area contributed by atoms with Crippen LogP contribution in [0.25, 0.3) is 10.5 Å². The van der Waals surface area contributed by atoms with Gasteiger partial charge in [-0.15, -0.1) is 0 Å². The summed E-state index contributed by atoms with van der Waals surface area (Å²) in [5.41, 5.74) is 3.11. The fourth-order valence-electron chi connectivity index (χ4n) is 5.08. The smallest absolute Gasteiger partial charge is 0.282 e. The average molecular weight is 337 g/mol. The van der Waals surface area contributed by atoms with Crippen LogP contribution in [0.5, 0.6) is 0 Å². The molecule has 0 aromatic carbocycles. The Bertz CT molecular complexity index is 902. The van der Waals surface area contributed by atoms with Gasteiger partial charge in [0.25, 0.3) is 6.04 Å². The number of carbonyl (C=O) groups excluding carboxylic acids is 1. The van der Waals surface area contributed by atoms with E-state index in [0.29, 0.717) is 6.42 Å². The molecule has 4 atom stereocenters. The van der Waals surface area contributed by atoms with Gasteiger partial charge in [-0.05, 0) is 25.7 Å². The lowest BCUT2D eigenvalue weighted by molar-refractivity contribution is -0.129. The van der Waals surface area contributed by atoms with E-state index in [1.165, 1.54) is 5.69 Å². The first-order valence-corrected chi connectivity index (χ1v) is 8.85. The highest BCUT2D eigenvalue weighted by Crippen LogP contribution is 2.51. The normalized spacial score (nSPS) is 31.3. The van der Waals surface area contributed by atoms with Crippen molar-refractivity contribution >= 4 is 5.78 Å². The van der Waals surface area contributed by atoms with Crippen LogP contribution in [0.3, 0.4) is 0 Å². The van der Waals surface area contributed by atoms with Gasteiger partial charge in [0.05, 0.1) is 17.6 Å².